The maximum absolute atomic E-state index is 10.3. The first kappa shape index (κ1) is 11.6. The highest BCUT2D eigenvalue weighted by Gasteiger charge is 2.01. The molecule has 1 aromatic carbocycles. The molecule has 0 aliphatic heterocycles. The lowest BCUT2D eigenvalue weighted by Gasteiger charge is -2.06. The van der Waals surface area contributed by atoms with Crippen LogP contribution in [0.15, 0.2) is 18.2 Å². The van der Waals surface area contributed by atoms with Crippen LogP contribution in [0.1, 0.15) is 6.42 Å². The summed E-state index contributed by atoms with van der Waals surface area (Å²) in [7, 11) is 0. The van der Waals surface area contributed by atoms with Gasteiger partial charge in [-0.3, -0.25) is 4.79 Å². The Morgan fingerprint density at radius 2 is 2.29 bits per heavy atom. The van der Waals surface area contributed by atoms with Crippen LogP contribution in [-0.2, 0) is 4.79 Å². The first-order chi connectivity index (χ1) is 6.59. The number of anilines is 1. The normalized spacial score (nSPS) is 9.86. The number of benzene rings is 1. The summed E-state index contributed by atoms with van der Waals surface area (Å²) in [6.45, 7) is 0.384. The Labute approximate surface area is 101 Å². The zero-order valence-electron chi connectivity index (χ0n) is 7.26. The minimum absolute atomic E-state index is 0.0851. The van der Waals surface area contributed by atoms with Gasteiger partial charge in [0.2, 0.25) is 0 Å². The molecule has 0 bridgehead atoms. The van der Waals surface area contributed by atoms with Gasteiger partial charge in [0.25, 0.3) is 0 Å². The largest absolute Gasteiger partial charge is 0.481 e. The third-order valence-corrected chi connectivity index (χ3v) is 2.58. The topological polar surface area (TPSA) is 49.3 Å². The van der Waals surface area contributed by atoms with Crippen molar-refractivity contribution < 1.29 is 9.90 Å². The summed E-state index contributed by atoms with van der Waals surface area (Å²) in [5.41, 5.74) is 0.778. The van der Waals surface area contributed by atoms with Crippen LogP contribution >= 0.6 is 34.2 Å². The van der Waals surface area contributed by atoms with Crippen molar-refractivity contribution >= 4 is 45.8 Å². The van der Waals surface area contributed by atoms with Crippen LogP contribution in [0.5, 0.6) is 0 Å². The van der Waals surface area contributed by atoms with Gasteiger partial charge < -0.3 is 10.4 Å². The van der Waals surface area contributed by atoms with Crippen LogP contribution in [0.4, 0.5) is 5.69 Å². The van der Waals surface area contributed by atoms with Gasteiger partial charge in [-0.05, 0) is 40.8 Å². The SMILES string of the molecule is O=C(O)CCNc1cc(I)ccc1Cl. The summed E-state index contributed by atoms with van der Waals surface area (Å²) < 4.78 is 1.06. The van der Waals surface area contributed by atoms with Crippen molar-refractivity contribution in [3.63, 3.8) is 0 Å². The summed E-state index contributed by atoms with van der Waals surface area (Å²) in [5.74, 6) is -0.820. The molecule has 0 heterocycles. The number of rotatable bonds is 4. The van der Waals surface area contributed by atoms with E-state index >= 15 is 0 Å². The Balaban J connectivity index is 2.57. The lowest BCUT2D eigenvalue weighted by molar-refractivity contribution is -0.136. The molecular formula is C9H9ClINO2. The molecule has 3 nitrogen and oxygen atoms in total. The maximum atomic E-state index is 10.3. The van der Waals surface area contributed by atoms with Crippen molar-refractivity contribution in [3.8, 4) is 0 Å². The molecule has 0 atom stereocenters. The van der Waals surface area contributed by atoms with E-state index in [0.717, 1.165) is 9.26 Å². The molecule has 76 valence electrons. The van der Waals surface area contributed by atoms with Gasteiger partial charge in [-0.2, -0.15) is 0 Å². The van der Waals surface area contributed by atoms with Crippen molar-refractivity contribution in [2.24, 2.45) is 0 Å². The van der Waals surface area contributed by atoms with Crippen LogP contribution in [-0.4, -0.2) is 17.6 Å². The van der Waals surface area contributed by atoms with Crippen LogP contribution < -0.4 is 5.32 Å². The van der Waals surface area contributed by atoms with E-state index in [1.54, 1.807) is 6.07 Å². The fraction of sp³-hybridized carbons (Fsp3) is 0.222. The number of halogens is 2. The summed E-state index contributed by atoms with van der Waals surface area (Å²) in [5, 5.41) is 12.0. The maximum Gasteiger partial charge on any atom is 0.305 e. The third-order valence-electron chi connectivity index (χ3n) is 1.58. The van der Waals surface area contributed by atoms with E-state index in [4.69, 9.17) is 16.7 Å². The predicted molar refractivity (Wildman–Crippen MR) is 64.9 cm³/mol. The molecule has 14 heavy (non-hydrogen) atoms. The Hall–Kier alpha value is -0.490. The molecule has 0 unspecified atom stereocenters. The van der Waals surface area contributed by atoms with Crippen molar-refractivity contribution in [3.05, 3.63) is 26.8 Å². The molecule has 0 radical (unpaired) electrons. The zero-order valence-corrected chi connectivity index (χ0v) is 10.2. The average Bonchev–Trinajstić information content (AvgIpc) is 2.10. The van der Waals surface area contributed by atoms with Crippen molar-refractivity contribution in [1.82, 2.24) is 0 Å². The molecule has 1 rings (SSSR count). The van der Waals surface area contributed by atoms with Gasteiger partial charge in [0.15, 0.2) is 0 Å². The van der Waals surface area contributed by atoms with E-state index in [2.05, 4.69) is 27.9 Å². The molecule has 5 heteroatoms. The van der Waals surface area contributed by atoms with Gasteiger partial charge in [-0.1, -0.05) is 11.6 Å². The number of carboxylic acids is 1. The number of aliphatic carboxylic acids is 1. The minimum Gasteiger partial charge on any atom is -0.481 e. The molecule has 0 saturated carbocycles. The van der Waals surface area contributed by atoms with E-state index in [1.807, 2.05) is 12.1 Å². The first-order valence-electron chi connectivity index (χ1n) is 4.00. The molecule has 0 aliphatic rings. The van der Waals surface area contributed by atoms with Crippen molar-refractivity contribution in [2.45, 2.75) is 6.42 Å². The minimum atomic E-state index is -0.820. The summed E-state index contributed by atoms with van der Waals surface area (Å²) in [6.07, 6.45) is 0.0851. The van der Waals surface area contributed by atoms with Crippen molar-refractivity contribution in [2.75, 3.05) is 11.9 Å². The molecule has 2 N–H and O–H groups in total. The first-order valence-corrected chi connectivity index (χ1v) is 5.46. The Bertz CT molecular complexity index is 344. The molecule has 0 spiro atoms. The van der Waals surface area contributed by atoms with Crippen LogP contribution in [0.25, 0.3) is 0 Å². The molecular weight excluding hydrogens is 316 g/mol. The standard InChI is InChI=1S/C9H9ClINO2/c10-7-2-1-6(11)5-8(7)12-4-3-9(13)14/h1-2,5,12H,3-4H2,(H,13,14). The number of carboxylic acid groups (broad SMARTS) is 1. The van der Waals surface area contributed by atoms with E-state index in [9.17, 15) is 4.79 Å². The van der Waals surface area contributed by atoms with Gasteiger partial charge in [0.05, 0.1) is 17.1 Å². The number of hydrogen-bond donors (Lipinski definition) is 2. The average molecular weight is 326 g/mol. The summed E-state index contributed by atoms with van der Waals surface area (Å²) in [6, 6.07) is 5.56. The van der Waals surface area contributed by atoms with Gasteiger partial charge >= 0.3 is 5.97 Å². The second kappa shape index (κ2) is 5.41. The highest BCUT2D eigenvalue weighted by atomic mass is 127. The Morgan fingerprint density at radius 3 is 2.93 bits per heavy atom. The van der Waals surface area contributed by atoms with Crippen LogP contribution in [0, 0.1) is 3.57 Å². The quantitative estimate of drug-likeness (QED) is 0.837. The second-order valence-electron chi connectivity index (χ2n) is 2.69. The second-order valence-corrected chi connectivity index (χ2v) is 4.35. The predicted octanol–water partition coefficient (Wildman–Crippen LogP) is 2.83. The number of carbonyl (C=O) groups is 1. The summed E-state index contributed by atoms with van der Waals surface area (Å²) in [4.78, 5) is 10.3. The zero-order chi connectivity index (χ0) is 10.6. The fourth-order valence-electron chi connectivity index (χ4n) is 0.937. The molecule has 0 saturated heterocycles. The molecule has 0 amide bonds. The van der Waals surface area contributed by atoms with Gasteiger partial charge in [0.1, 0.15) is 0 Å². The van der Waals surface area contributed by atoms with Gasteiger partial charge in [0, 0.05) is 10.1 Å². The van der Waals surface area contributed by atoms with Gasteiger partial charge in [-0.25, -0.2) is 0 Å². The number of nitrogens with one attached hydrogen (secondary N) is 1. The van der Waals surface area contributed by atoms with E-state index in [-0.39, 0.29) is 6.42 Å². The Morgan fingerprint density at radius 1 is 1.57 bits per heavy atom. The summed E-state index contributed by atoms with van der Waals surface area (Å²) >= 11 is 8.07. The fourth-order valence-corrected chi connectivity index (χ4v) is 1.61. The smallest absolute Gasteiger partial charge is 0.305 e. The van der Waals surface area contributed by atoms with Crippen LogP contribution in [0.2, 0.25) is 5.02 Å². The highest BCUT2D eigenvalue weighted by molar-refractivity contribution is 14.1. The van der Waals surface area contributed by atoms with E-state index < -0.39 is 5.97 Å². The van der Waals surface area contributed by atoms with Gasteiger partial charge in [-0.15, -0.1) is 0 Å². The third kappa shape index (κ3) is 3.71. The highest BCUT2D eigenvalue weighted by Crippen LogP contribution is 2.23. The number of hydrogen-bond acceptors (Lipinski definition) is 2. The van der Waals surface area contributed by atoms with E-state index in [1.165, 1.54) is 0 Å². The molecule has 1 aromatic rings. The molecule has 0 aliphatic carbocycles. The van der Waals surface area contributed by atoms with Crippen molar-refractivity contribution in [1.29, 1.82) is 0 Å². The van der Waals surface area contributed by atoms with E-state index in [0.29, 0.717) is 11.6 Å². The Kier molecular flexibility index (Phi) is 4.47. The molecule has 0 fully saturated rings. The lowest BCUT2D eigenvalue weighted by atomic mass is 10.3. The van der Waals surface area contributed by atoms with Crippen LogP contribution in [0.3, 0.4) is 0 Å². The lowest BCUT2D eigenvalue weighted by Crippen LogP contribution is -2.07. The molecule has 0 aromatic heterocycles. The monoisotopic (exact) mass is 325 g/mol.